The first-order chi connectivity index (χ1) is 19.8. The van der Waals surface area contributed by atoms with E-state index in [1.165, 1.54) is 27.4 Å². The van der Waals surface area contributed by atoms with E-state index in [0.717, 1.165) is 34.0 Å². The molecule has 3 heterocycles. The molecule has 0 radical (unpaired) electrons. The number of para-hydroxylation sites is 3. The molecule has 0 fully saturated rings. The summed E-state index contributed by atoms with van der Waals surface area (Å²) in [5.74, 6) is 0.929. The Hall–Kier alpha value is -5.35. The van der Waals surface area contributed by atoms with Crippen LogP contribution >= 0.6 is 0 Å². The number of nitrogens with zero attached hydrogens (tertiary/aromatic N) is 3. The zero-order valence-corrected chi connectivity index (χ0v) is 21.8. The number of pyridine rings is 1. The smallest absolute Gasteiger partial charge is 0.158 e. The predicted molar refractivity (Wildman–Crippen MR) is 165 cm³/mol. The lowest BCUT2D eigenvalue weighted by molar-refractivity contribution is 0.819. The third kappa shape index (κ3) is 3.57. The second-order valence-electron chi connectivity index (χ2n) is 10.2. The molecule has 0 saturated carbocycles. The van der Waals surface area contributed by atoms with Crippen molar-refractivity contribution >= 4 is 39.0 Å². The molecule has 2 aromatic heterocycles. The third-order valence-electron chi connectivity index (χ3n) is 7.81. The van der Waals surface area contributed by atoms with Gasteiger partial charge in [-0.05, 0) is 53.6 Å². The Balaban J connectivity index is 1.27. The maximum atomic E-state index is 4.98. The van der Waals surface area contributed by atoms with E-state index in [9.17, 15) is 0 Å². The lowest BCUT2D eigenvalue weighted by Crippen LogP contribution is -2.24. The first-order valence-electron chi connectivity index (χ1n) is 13.6. The molecule has 1 aliphatic rings. The molecule has 0 bridgehead atoms. The van der Waals surface area contributed by atoms with Crippen LogP contribution in [0.5, 0.6) is 0 Å². The first-order valence-corrected chi connectivity index (χ1v) is 13.6. The van der Waals surface area contributed by atoms with E-state index in [4.69, 9.17) is 4.98 Å². The Morgan fingerprint density at radius 3 is 1.90 bits per heavy atom. The number of aromatic nitrogens is 2. The molecular formula is C36H26N4. The minimum Gasteiger partial charge on any atom is -0.358 e. The molecule has 4 nitrogen and oxygen atoms in total. The van der Waals surface area contributed by atoms with Gasteiger partial charge in [-0.1, -0.05) is 97.1 Å². The summed E-state index contributed by atoms with van der Waals surface area (Å²) in [6.07, 6.45) is 1.87. The third-order valence-corrected chi connectivity index (χ3v) is 7.81. The Labute approximate surface area is 232 Å². The quantitative estimate of drug-likeness (QED) is 0.254. The van der Waals surface area contributed by atoms with Crippen molar-refractivity contribution in [1.29, 1.82) is 0 Å². The molecule has 4 heteroatoms. The number of fused-ring (bicyclic) bond motifs is 4. The Morgan fingerprint density at radius 1 is 0.550 bits per heavy atom. The topological polar surface area (TPSA) is 33.1 Å². The van der Waals surface area contributed by atoms with Gasteiger partial charge < -0.3 is 9.88 Å². The van der Waals surface area contributed by atoms with Gasteiger partial charge in [-0.15, -0.1) is 0 Å². The zero-order valence-electron chi connectivity index (χ0n) is 21.8. The fraction of sp³-hybridized carbons (Fsp3) is 0.0278. The first kappa shape index (κ1) is 22.6. The standard InChI is InChI=1S/C36H26N4/c1-3-12-25(13-4-1)27-23-32-36(37-24-27)40(28-15-5-2-6-16-28)35(38-32)26-14-11-17-29(22-26)39-33-20-9-7-18-30(33)31-19-8-10-21-34(31)39/h1-24,35,38H. The number of hydrogen-bond acceptors (Lipinski definition) is 3. The van der Waals surface area contributed by atoms with Gasteiger partial charge in [0.15, 0.2) is 5.82 Å². The van der Waals surface area contributed by atoms with Crippen LogP contribution in [0.15, 0.2) is 146 Å². The van der Waals surface area contributed by atoms with Crippen LogP contribution in [0.1, 0.15) is 11.7 Å². The van der Waals surface area contributed by atoms with Gasteiger partial charge in [-0.2, -0.15) is 0 Å². The predicted octanol–water partition coefficient (Wildman–Crippen LogP) is 9.11. The molecule has 1 aliphatic heterocycles. The average Bonchev–Trinajstić information content (AvgIpc) is 3.58. The van der Waals surface area contributed by atoms with Gasteiger partial charge in [0.2, 0.25) is 0 Å². The average molecular weight is 515 g/mol. The molecule has 190 valence electrons. The monoisotopic (exact) mass is 514 g/mol. The van der Waals surface area contributed by atoms with E-state index in [1.54, 1.807) is 0 Å². The summed E-state index contributed by atoms with van der Waals surface area (Å²) in [6, 6.07) is 49.3. The number of rotatable bonds is 4. The normalized spacial score (nSPS) is 14.4. The van der Waals surface area contributed by atoms with E-state index in [2.05, 4.69) is 148 Å². The Morgan fingerprint density at radius 2 is 1.18 bits per heavy atom. The summed E-state index contributed by atoms with van der Waals surface area (Å²) in [7, 11) is 0. The van der Waals surface area contributed by atoms with Crippen molar-refractivity contribution in [3.05, 3.63) is 151 Å². The molecule has 40 heavy (non-hydrogen) atoms. The van der Waals surface area contributed by atoms with Crippen molar-refractivity contribution in [2.45, 2.75) is 6.17 Å². The highest BCUT2D eigenvalue weighted by atomic mass is 15.4. The van der Waals surface area contributed by atoms with Crippen molar-refractivity contribution in [2.24, 2.45) is 0 Å². The fourth-order valence-corrected chi connectivity index (χ4v) is 6.01. The van der Waals surface area contributed by atoms with Crippen LogP contribution in [0.3, 0.4) is 0 Å². The largest absolute Gasteiger partial charge is 0.358 e. The molecule has 0 amide bonds. The summed E-state index contributed by atoms with van der Waals surface area (Å²) < 4.78 is 2.37. The molecule has 1 N–H and O–H groups in total. The maximum absolute atomic E-state index is 4.98. The molecule has 0 spiro atoms. The van der Waals surface area contributed by atoms with Gasteiger partial charge in [0.05, 0.1) is 16.7 Å². The van der Waals surface area contributed by atoms with Gasteiger partial charge >= 0.3 is 0 Å². The number of anilines is 3. The lowest BCUT2D eigenvalue weighted by Gasteiger charge is -2.27. The minimum atomic E-state index is -0.107. The summed E-state index contributed by atoms with van der Waals surface area (Å²) in [4.78, 5) is 7.28. The molecule has 5 aromatic carbocycles. The SMILES string of the molecule is c1ccc(-c2cnc3c(c2)NC(c2cccc(-n4c5ccccc5c5ccccc54)c2)N3c2ccccc2)cc1. The molecular weight excluding hydrogens is 488 g/mol. The van der Waals surface area contributed by atoms with E-state index in [0.29, 0.717) is 0 Å². The summed E-state index contributed by atoms with van der Waals surface area (Å²) in [5, 5.41) is 6.34. The van der Waals surface area contributed by atoms with Gasteiger partial charge in [0, 0.05) is 33.9 Å². The van der Waals surface area contributed by atoms with Crippen molar-refractivity contribution in [2.75, 3.05) is 10.2 Å². The highest BCUT2D eigenvalue weighted by Gasteiger charge is 2.33. The highest BCUT2D eigenvalue weighted by Crippen LogP contribution is 2.46. The van der Waals surface area contributed by atoms with Crippen LogP contribution in [0, 0.1) is 0 Å². The van der Waals surface area contributed by atoms with Gasteiger partial charge in [-0.25, -0.2) is 4.98 Å². The summed E-state index contributed by atoms with van der Waals surface area (Å²) in [6.45, 7) is 0. The van der Waals surface area contributed by atoms with Gasteiger partial charge in [-0.3, -0.25) is 4.90 Å². The molecule has 8 rings (SSSR count). The molecule has 1 unspecified atom stereocenters. The van der Waals surface area contributed by atoms with Crippen molar-refractivity contribution in [1.82, 2.24) is 9.55 Å². The fourth-order valence-electron chi connectivity index (χ4n) is 6.01. The number of hydrogen-bond donors (Lipinski definition) is 1. The van der Waals surface area contributed by atoms with E-state index in [-0.39, 0.29) is 6.17 Å². The van der Waals surface area contributed by atoms with Crippen LogP contribution in [0.4, 0.5) is 17.2 Å². The van der Waals surface area contributed by atoms with Crippen molar-refractivity contribution < 1.29 is 0 Å². The highest BCUT2D eigenvalue weighted by molar-refractivity contribution is 6.09. The summed E-state index contributed by atoms with van der Waals surface area (Å²) in [5.41, 5.74) is 9.09. The Kier molecular flexibility index (Phi) is 5.17. The number of nitrogens with one attached hydrogen (secondary N) is 1. The van der Waals surface area contributed by atoms with Gasteiger partial charge in [0.25, 0.3) is 0 Å². The van der Waals surface area contributed by atoms with Gasteiger partial charge in [0.1, 0.15) is 6.17 Å². The van der Waals surface area contributed by atoms with Crippen LogP contribution in [-0.4, -0.2) is 9.55 Å². The van der Waals surface area contributed by atoms with E-state index >= 15 is 0 Å². The second kappa shape index (κ2) is 9.14. The summed E-state index contributed by atoms with van der Waals surface area (Å²) >= 11 is 0. The van der Waals surface area contributed by atoms with Crippen LogP contribution in [-0.2, 0) is 0 Å². The van der Waals surface area contributed by atoms with Crippen LogP contribution < -0.4 is 10.2 Å². The lowest BCUT2D eigenvalue weighted by atomic mass is 10.1. The van der Waals surface area contributed by atoms with Crippen LogP contribution in [0.25, 0.3) is 38.6 Å². The van der Waals surface area contributed by atoms with Crippen molar-refractivity contribution in [3.8, 4) is 16.8 Å². The van der Waals surface area contributed by atoms with Crippen molar-refractivity contribution in [3.63, 3.8) is 0 Å². The molecule has 7 aromatic rings. The molecule has 0 aliphatic carbocycles. The zero-order chi connectivity index (χ0) is 26.5. The molecule has 1 atom stereocenters. The van der Waals surface area contributed by atoms with Crippen LogP contribution in [0.2, 0.25) is 0 Å². The van der Waals surface area contributed by atoms with E-state index in [1.807, 2.05) is 12.3 Å². The molecule has 0 saturated heterocycles. The minimum absolute atomic E-state index is 0.107. The maximum Gasteiger partial charge on any atom is 0.158 e. The van der Waals surface area contributed by atoms with E-state index < -0.39 is 0 Å². The number of benzene rings is 5. The Bertz CT molecular complexity index is 1940. The second-order valence-corrected chi connectivity index (χ2v) is 10.2.